The molecule has 0 fully saturated rings. The molecule has 8 heteroatoms. The number of rotatable bonds is 6. The number of nitrogens with zero attached hydrogens (tertiary/aromatic N) is 4. The lowest BCUT2D eigenvalue weighted by Crippen LogP contribution is -2.26. The summed E-state index contributed by atoms with van der Waals surface area (Å²) in [5, 5.41) is 12.5. The summed E-state index contributed by atoms with van der Waals surface area (Å²) in [5.41, 5.74) is 2.40. The van der Waals surface area contributed by atoms with Gasteiger partial charge in [0.15, 0.2) is 0 Å². The van der Waals surface area contributed by atoms with E-state index in [2.05, 4.69) is 20.4 Å². The van der Waals surface area contributed by atoms with Gasteiger partial charge in [-0.15, -0.1) is 22.7 Å². The summed E-state index contributed by atoms with van der Waals surface area (Å²) in [6.07, 6.45) is 4.25. The molecule has 0 saturated carbocycles. The van der Waals surface area contributed by atoms with Crippen molar-refractivity contribution in [3.05, 3.63) is 70.9 Å². The van der Waals surface area contributed by atoms with Crippen LogP contribution in [-0.2, 0) is 6.42 Å². The predicted molar refractivity (Wildman–Crippen MR) is 103 cm³/mol. The van der Waals surface area contributed by atoms with Crippen LogP contribution in [0.1, 0.15) is 16.2 Å². The molecule has 26 heavy (non-hydrogen) atoms. The fraction of sp³-hybridized carbons (Fsp3) is 0.111. The maximum absolute atomic E-state index is 12.3. The molecule has 0 radical (unpaired) electrons. The molecule has 4 rings (SSSR count). The first-order chi connectivity index (χ1) is 12.8. The van der Waals surface area contributed by atoms with E-state index in [0.717, 1.165) is 21.4 Å². The second-order valence-corrected chi connectivity index (χ2v) is 7.18. The third kappa shape index (κ3) is 3.71. The van der Waals surface area contributed by atoms with Crippen molar-refractivity contribution in [1.29, 1.82) is 0 Å². The zero-order chi connectivity index (χ0) is 17.8. The molecule has 0 saturated heterocycles. The fourth-order valence-electron chi connectivity index (χ4n) is 2.38. The number of carbonyl (C=O) groups is 1. The number of hydrogen-bond donors (Lipinski definition) is 1. The SMILES string of the molecule is O=C(NCCc1csc(-n2cccn2)n1)c1csc(-c2ccccc2)n1. The van der Waals surface area contributed by atoms with Gasteiger partial charge in [-0.1, -0.05) is 30.3 Å². The van der Waals surface area contributed by atoms with Gasteiger partial charge in [0, 0.05) is 41.7 Å². The third-order valence-corrected chi connectivity index (χ3v) is 5.43. The Kier molecular flexibility index (Phi) is 4.85. The molecule has 3 heterocycles. The molecule has 0 bridgehead atoms. The molecule has 0 spiro atoms. The number of amides is 1. The quantitative estimate of drug-likeness (QED) is 0.555. The maximum Gasteiger partial charge on any atom is 0.270 e. The van der Waals surface area contributed by atoms with Crippen LogP contribution in [0.25, 0.3) is 15.7 Å². The van der Waals surface area contributed by atoms with Crippen LogP contribution >= 0.6 is 22.7 Å². The highest BCUT2D eigenvalue weighted by Gasteiger charge is 2.12. The van der Waals surface area contributed by atoms with Crippen molar-refractivity contribution >= 4 is 28.6 Å². The Morgan fingerprint density at radius 2 is 1.96 bits per heavy atom. The van der Waals surface area contributed by atoms with Crippen LogP contribution in [0.2, 0.25) is 0 Å². The Bertz CT molecular complexity index is 992. The van der Waals surface area contributed by atoms with Crippen molar-refractivity contribution < 1.29 is 4.79 Å². The van der Waals surface area contributed by atoms with E-state index >= 15 is 0 Å². The van der Waals surface area contributed by atoms with Gasteiger partial charge in [-0.2, -0.15) is 5.10 Å². The molecule has 3 aromatic heterocycles. The summed E-state index contributed by atoms with van der Waals surface area (Å²) in [6, 6.07) is 11.7. The Hall–Kier alpha value is -2.84. The standard InChI is InChI=1S/C18H15N5OS2/c24-16(15-12-25-17(22-15)13-5-2-1-3-6-13)19-9-7-14-11-26-18(21-14)23-10-4-8-20-23/h1-6,8,10-12H,7,9H2,(H,19,24). The number of carbonyl (C=O) groups excluding carboxylic acids is 1. The molecule has 4 aromatic rings. The average Bonchev–Trinajstić information content (AvgIpc) is 3.42. The lowest BCUT2D eigenvalue weighted by atomic mass is 10.2. The van der Waals surface area contributed by atoms with Gasteiger partial charge in [0.2, 0.25) is 5.13 Å². The van der Waals surface area contributed by atoms with Crippen LogP contribution in [-0.4, -0.2) is 32.2 Å². The Labute approximate surface area is 158 Å². The normalized spacial score (nSPS) is 10.8. The summed E-state index contributed by atoms with van der Waals surface area (Å²) >= 11 is 3.00. The number of hydrogen-bond acceptors (Lipinski definition) is 6. The Balaban J connectivity index is 1.33. The molecular weight excluding hydrogens is 366 g/mol. The van der Waals surface area contributed by atoms with Crippen LogP contribution in [0, 0.1) is 0 Å². The van der Waals surface area contributed by atoms with Gasteiger partial charge in [0.05, 0.1) is 5.69 Å². The first-order valence-corrected chi connectivity index (χ1v) is 9.79. The van der Waals surface area contributed by atoms with E-state index in [-0.39, 0.29) is 5.91 Å². The zero-order valence-corrected chi connectivity index (χ0v) is 15.3. The molecule has 1 aromatic carbocycles. The summed E-state index contributed by atoms with van der Waals surface area (Å²) in [7, 11) is 0. The van der Waals surface area contributed by atoms with Crippen LogP contribution in [0.3, 0.4) is 0 Å². The van der Waals surface area contributed by atoms with Crippen molar-refractivity contribution in [2.75, 3.05) is 6.54 Å². The van der Waals surface area contributed by atoms with E-state index < -0.39 is 0 Å². The van der Waals surface area contributed by atoms with Gasteiger partial charge < -0.3 is 5.32 Å². The number of benzene rings is 1. The summed E-state index contributed by atoms with van der Waals surface area (Å²) < 4.78 is 1.73. The van der Waals surface area contributed by atoms with Crippen LogP contribution in [0.15, 0.2) is 59.6 Å². The van der Waals surface area contributed by atoms with Crippen LogP contribution in [0.4, 0.5) is 0 Å². The lowest BCUT2D eigenvalue weighted by Gasteiger charge is -2.01. The van der Waals surface area contributed by atoms with Crippen molar-refractivity contribution in [2.24, 2.45) is 0 Å². The van der Waals surface area contributed by atoms with E-state index in [1.165, 1.54) is 22.7 Å². The zero-order valence-electron chi connectivity index (χ0n) is 13.7. The molecular formula is C18H15N5OS2. The van der Waals surface area contributed by atoms with Gasteiger partial charge in [0.1, 0.15) is 10.7 Å². The minimum absolute atomic E-state index is 0.161. The van der Waals surface area contributed by atoms with E-state index in [4.69, 9.17) is 0 Å². The topological polar surface area (TPSA) is 72.7 Å². The van der Waals surface area contributed by atoms with Gasteiger partial charge in [-0.3, -0.25) is 4.79 Å². The second kappa shape index (κ2) is 7.59. The summed E-state index contributed by atoms with van der Waals surface area (Å²) in [6.45, 7) is 0.513. The molecule has 1 N–H and O–H groups in total. The molecule has 0 aliphatic heterocycles. The molecule has 1 amide bonds. The highest BCUT2D eigenvalue weighted by atomic mass is 32.1. The second-order valence-electron chi connectivity index (χ2n) is 5.48. The minimum Gasteiger partial charge on any atom is -0.350 e. The molecule has 130 valence electrons. The monoisotopic (exact) mass is 381 g/mol. The van der Waals surface area contributed by atoms with Gasteiger partial charge in [-0.05, 0) is 6.07 Å². The molecule has 0 unspecified atom stereocenters. The molecule has 0 atom stereocenters. The highest BCUT2D eigenvalue weighted by molar-refractivity contribution is 7.13. The molecule has 6 nitrogen and oxygen atoms in total. The minimum atomic E-state index is -0.161. The third-order valence-electron chi connectivity index (χ3n) is 3.66. The lowest BCUT2D eigenvalue weighted by molar-refractivity contribution is 0.0950. The van der Waals surface area contributed by atoms with E-state index in [1.54, 1.807) is 16.3 Å². The predicted octanol–water partition coefficient (Wildman–Crippen LogP) is 3.42. The Morgan fingerprint density at radius 1 is 1.08 bits per heavy atom. The maximum atomic E-state index is 12.3. The summed E-state index contributed by atoms with van der Waals surface area (Å²) in [5.74, 6) is -0.161. The highest BCUT2D eigenvalue weighted by Crippen LogP contribution is 2.23. The van der Waals surface area contributed by atoms with Crippen molar-refractivity contribution in [3.8, 4) is 15.7 Å². The van der Waals surface area contributed by atoms with E-state index in [1.807, 2.05) is 48.0 Å². The van der Waals surface area contributed by atoms with Crippen molar-refractivity contribution in [2.45, 2.75) is 6.42 Å². The van der Waals surface area contributed by atoms with Gasteiger partial charge in [0.25, 0.3) is 5.91 Å². The van der Waals surface area contributed by atoms with Crippen LogP contribution in [0.5, 0.6) is 0 Å². The number of aromatic nitrogens is 4. The van der Waals surface area contributed by atoms with Gasteiger partial charge in [-0.25, -0.2) is 14.6 Å². The number of thiazole rings is 2. The smallest absolute Gasteiger partial charge is 0.270 e. The first kappa shape index (κ1) is 16.6. The first-order valence-electron chi connectivity index (χ1n) is 8.03. The fourth-order valence-corrected chi connectivity index (χ4v) is 3.99. The number of nitrogens with one attached hydrogen (secondary N) is 1. The average molecular weight is 381 g/mol. The van der Waals surface area contributed by atoms with Crippen molar-refractivity contribution in [1.82, 2.24) is 25.1 Å². The Morgan fingerprint density at radius 3 is 2.77 bits per heavy atom. The molecule has 0 aliphatic carbocycles. The van der Waals surface area contributed by atoms with Gasteiger partial charge >= 0.3 is 0 Å². The van der Waals surface area contributed by atoms with E-state index in [9.17, 15) is 4.79 Å². The largest absolute Gasteiger partial charge is 0.350 e. The van der Waals surface area contributed by atoms with Crippen LogP contribution < -0.4 is 5.32 Å². The van der Waals surface area contributed by atoms with E-state index in [0.29, 0.717) is 18.7 Å². The summed E-state index contributed by atoms with van der Waals surface area (Å²) in [4.78, 5) is 21.2. The molecule has 0 aliphatic rings. The van der Waals surface area contributed by atoms with Crippen molar-refractivity contribution in [3.63, 3.8) is 0 Å².